The van der Waals surface area contributed by atoms with E-state index >= 15 is 0 Å². The van der Waals surface area contributed by atoms with Crippen LogP contribution in [0.5, 0.6) is 0 Å². The fourth-order valence-electron chi connectivity index (χ4n) is 7.36. The van der Waals surface area contributed by atoms with Gasteiger partial charge >= 0.3 is 0 Å². The Hall–Kier alpha value is -4.53. The zero-order chi connectivity index (χ0) is 26.4. The maximum atomic E-state index is 5.27. The van der Waals surface area contributed by atoms with Crippen LogP contribution >= 0.6 is 15.9 Å². The summed E-state index contributed by atoms with van der Waals surface area (Å²) in [7, 11) is 0. The van der Waals surface area contributed by atoms with Crippen molar-refractivity contribution < 1.29 is 0 Å². The summed E-state index contributed by atoms with van der Waals surface area (Å²) in [5.74, 6) is 0. The first-order valence-corrected chi connectivity index (χ1v) is 14.5. The average molecular weight is 573 g/mol. The first kappa shape index (κ1) is 22.3. The van der Waals surface area contributed by atoms with E-state index in [1.807, 2.05) is 0 Å². The molecule has 2 heteroatoms. The second-order valence-corrected chi connectivity index (χ2v) is 11.7. The molecule has 6 aromatic carbocycles. The molecule has 0 atom stereocenters. The van der Waals surface area contributed by atoms with Gasteiger partial charge in [0.25, 0.3) is 0 Å². The van der Waals surface area contributed by atoms with E-state index in [4.69, 9.17) is 4.98 Å². The smallest absolute Gasteiger partial charge is 0.0788 e. The summed E-state index contributed by atoms with van der Waals surface area (Å²) >= 11 is 3.62. The number of hydrogen-bond donors (Lipinski definition) is 0. The van der Waals surface area contributed by atoms with Gasteiger partial charge in [-0.05, 0) is 80.2 Å². The van der Waals surface area contributed by atoms with Crippen LogP contribution in [-0.4, -0.2) is 4.98 Å². The van der Waals surface area contributed by atoms with Gasteiger partial charge in [0, 0.05) is 20.8 Å². The zero-order valence-electron chi connectivity index (χ0n) is 21.5. The third-order valence-corrected chi connectivity index (χ3v) is 9.46. The van der Waals surface area contributed by atoms with Crippen molar-refractivity contribution in [3.05, 3.63) is 160 Å². The van der Waals surface area contributed by atoms with Crippen LogP contribution in [0, 0.1) is 0 Å². The lowest BCUT2D eigenvalue weighted by Crippen LogP contribution is -2.25. The normalized spacial score (nSPS) is 13.8. The number of pyridine rings is 1. The molecule has 1 spiro atoms. The average Bonchev–Trinajstić information content (AvgIpc) is 3.47. The predicted molar refractivity (Wildman–Crippen MR) is 169 cm³/mol. The molecule has 40 heavy (non-hydrogen) atoms. The van der Waals surface area contributed by atoms with E-state index in [0.29, 0.717) is 0 Å². The van der Waals surface area contributed by atoms with Crippen molar-refractivity contribution in [2.75, 3.05) is 0 Å². The molecular formula is C38H22BrN. The topological polar surface area (TPSA) is 12.9 Å². The highest BCUT2D eigenvalue weighted by atomic mass is 79.9. The molecule has 186 valence electrons. The number of para-hydroxylation sites is 1. The molecule has 0 amide bonds. The molecule has 2 aliphatic carbocycles. The largest absolute Gasteiger partial charge is 0.247 e. The summed E-state index contributed by atoms with van der Waals surface area (Å²) in [4.78, 5) is 5.27. The van der Waals surface area contributed by atoms with Crippen LogP contribution in [-0.2, 0) is 5.41 Å². The fourth-order valence-corrected chi connectivity index (χ4v) is 7.63. The Morgan fingerprint density at radius 3 is 1.65 bits per heavy atom. The molecule has 0 bridgehead atoms. The molecule has 0 radical (unpaired) electrons. The predicted octanol–water partition coefficient (Wildman–Crippen LogP) is 10.2. The van der Waals surface area contributed by atoms with E-state index in [-0.39, 0.29) is 5.41 Å². The first-order valence-electron chi connectivity index (χ1n) is 13.7. The van der Waals surface area contributed by atoms with Crippen LogP contribution in [0.1, 0.15) is 22.3 Å². The Bertz CT molecular complexity index is 2130. The molecule has 9 rings (SSSR count). The lowest BCUT2D eigenvalue weighted by molar-refractivity contribution is 0.795. The van der Waals surface area contributed by atoms with Gasteiger partial charge in [-0.25, -0.2) is 4.98 Å². The van der Waals surface area contributed by atoms with E-state index < -0.39 is 0 Å². The molecule has 0 saturated carbocycles. The van der Waals surface area contributed by atoms with Crippen LogP contribution in [0.3, 0.4) is 0 Å². The van der Waals surface area contributed by atoms with E-state index in [0.717, 1.165) is 21.2 Å². The number of aromatic nitrogens is 1. The number of hydrogen-bond acceptors (Lipinski definition) is 1. The van der Waals surface area contributed by atoms with Gasteiger partial charge in [-0.15, -0.1) is 0 Å². The lowest BCUT2D eigenvalue weighted by Gasteiger charge is -2.30. The van der Waals surface area contributed by atoms with Crippen molar-refractivity contribution in [3.63, 3.8) is 0 Å². The minimum absolute atomic E-state index is 0.365. The molecule has 7 aromatic rings. The summed E-state index contributed by atoms with van der Waals surface area (Å²) in [6.45, 7) is 0. The number of rotatable bonds is 1. The zero-order valence-corrected chi connectivity index (χ0v) is 23.1. The molecular weight excluding hydrogens is 550 g/mol. The van der Waals surface area contributed by atoms with Gasteiger partial charge < -0.3 is 0 Å². The Balaban J connectivity index is 1.49. The van der Waals surface area contributed by atoms with Crippen molar-refractivity contribution in [2.24, 2.45) is 0 Å². The van der Waals surface area contributed by atoms with Crippen LogP contribution in [0.15, 0.2) is 138 Å². The summed E-state index contributed by atoms with van der Waals surface area (Å²) in [6, 6.07) is 48.9. The molecule has 1 nitrogen and oxygen atoms in total. The van der Waals surface area contributed by atoms with Crippen LogP contribution in [0.4, 0.5) is 0 Å². The van der Waals surface area contributed by atoms with E-state index in [1.54, 1.807) is 0 Å². The second kappa shape index (κ2) is 8.00. The van der Waals surface area contributed by atoms with E-state index in [9.17, 15) is 0 Å². The van der Waals surface area contributed by atoms with Crippen molar-refractivity contribution in [1.29, 1.82) is 0 Å². The molecule has 0 saturated heterocycles. The van der Waals surface area contributed by atoms with Crippen molar-refractivity contribution in [2.45, 2.75) is 5.41 Å². The van der Waals surface area contributed by atoms with Crippen LogP contribution in [0.25, 0.3) is 55.2 Å². The quantitative estimate of drug-likeness (QED) is 0.178. The lowest BCUT2D eigenvalue weighted by atomic mass is 9.70. The highest BCUT2D eigenvalue weighted by molar-refractivity contribution is 9.10. The SMILES string of the molecule is Brc1ccc(-c2nc3ccccc3c3cc4c(cc23)C2(c3ccccc3-c3ccccc32)c2ccccc2-4)cc1. The Morgan fingerprint density at radius 2 is 1.00 bits per heavy atom. The Labute approximate surface area is 240 Å². The molecule has 2 aliphatic rings. The summed E-state index contributed by atoms with van der Waals surface area (Å²) in [5, 5.41) is 3.62. The maximum absolute atomic E-state index is 5.27. The summed E-state index contributed by atoms with van der Waals surface area (Å²) in [6.07, 6.45) is 0. The number of halogens is 1. The highest BCUT2D eigenvalue weighted by Gasteiger charge is 2.51. The van der Waals surface area contributed by atoms with Crippen LogP contribution < -0.4 is 0 Å². The molecule has 1 aromatic heterocycles. The molecule has 0 fully saturated rings. The number of benzene rings is 6. The highest BCUT2D eigenvalue weighted by Crippen LogP contribution is 2.63. The summed E-state index contributed by atoms with van der Waals surface area (Å²) in [5.41, 5.74) is 13.5. The monoisotopic (exact) mass is 571 g/mol. The van der Waals surface area contributed by atoms with Gasteiger partial charge in [0.15, 0.2) is 0 Å². The minimum Gasteiger partial charge on any atom is -0.247 e. The number of nitrogens with zero attached hydrogens (tertiary/aromatic N) is 1. The first-order chi connectivity index (χ1) is 19.7. The maximum Gasteiger partial charge on any atom is 0.0788 e. The van der Waals surface area contributed by atoms with Gasteiger partial charge in [0.2, 0.25) is 0 Å². The molecule has 0 unspecified atom stereocenters. The fraction of sp³-hybridized carbons (Fsp3) is 0.0263. The minimum atomic E-state index is -0.365. The van der Waals surface area contributed by atoms with Crippen molar-refractivity contribution in [3.8, 4) is 33.5 Å². The van der Waals surface area contributed by atoms with E-state index in [1.165, 1.54) is 60.7 Å². The van der Waals surface area contributed by atoms with Gasteiger partial charge in [-0.3, -0.25) is 0 Å². The summed E-state index contributed by atoms with van der Waals surface area (Å²) < 4.78 is 1.07. The standard InChI is InChI=1S/C38H22BrN/c39-24-19-17-23(18-20-24)37-31-22-35-30(21-29(31)28-12-4-8-16-36(28)40-37)27-11-3-7-15-34(27)38(35)32-13-5-1-9-25(32)26-10-2-6-14-33(26)38/h1-22H. The molecule has 0 N–H and O–H groups in total. The van der Waals surface area contributed by atoms with Gasteiger partial charge in [-0.1, -0.05) is 119 Å². The Kier molecular flexibility index (Phi) is 4.46. The molecule has 0 aliphatic heterocycles. The van der Waals surface area contributed by atoms with Gasteiger partial charge in [-0.2, -0.15) is 0 Å². The van der Waals surface area contributed by atoms with Gasteiger partial charge in [0.05, 0.1) is 16.6 Å². The number of fused-ring (bicyclic) bond motifs is 13. The van der Waals surface area contributed by atoms with Crippen molar-refractivity contribution in [1.82, 2.24) is 4.98 Å². The van der Waals surface area contributed by atoms with Gasteiger partial charge in [0.1, 0.15) is 0 Å². The Morgan fingerprint density at radius 1 is 0.450 bits per heavy atom. The third-order valence-electron chi connectivity index (χ3n) is 8.93. The van der Waals surface area contributed by atoms with Crippen molar-refractivity contribution >= 4 is 37.6 Å². The van der Waals surface area contributed by atoms with E-state index in [2.05, 4.69) is 149 Å². The third kappa shape index (κ3) is 2.74. The van der Waals surface area contributed by atoms with Crippen LogP contribution in [0.2, 0.25) is 0 Å². The molecule has 1 heterocycles. The second-order valence-electron chi connectivity index (χ2n) is 10.8.